The van der Waals surface area contributed by atoms with E-state index in [9.17, 15) is 9.18 Å². The molecule has 5 nitrogen and oxygen atoms in total. The Morgan fingerprint density at radius 3 is 3.04 bits per heavy atom. The molecular weight excluding hydrogens is 319 g/mol. The Balaban J connectivity index is 1.46. The molecule has 0 saturated carbocycles. The van der Waals surface area contributed by atoms with E-state index in [0.29, 0.717) is 13.1 Å². The van der Waals surface area contributed by atoms with E-state index >= 15 is 0 Å². The number of nitrogens with zero attached hydrogens (tertiary/aromatic N) is 3. The molecule has 1 aromatic heterocycles. The van der Waals surface area contributed by atoms with Gasteiger partial charge in [-0.3, -0.25) is 14.4 Å². The summed E-state index contributed by atoms with van der Waals surface area (Å²) in [6.07, 6.45) is 6.49. The van der Waals surface area contributed by atoms with Crippen LogP contribution in [0.1, 0.15) is 24.0 Å². The first kappa shape index (κ1) is 17.6. The highest BCUT2D eigenvalue weighted by molar-refractivity contribution is 5.78. The first-order chi connectivity index (χ1) is 12.1. The zero-order chi connectivity index (χ0) is 17.6. The molecule has 3 rings (SSSR count). The first-order valence-corrected chi connectivity index (χ1v) is 8.82. The number of nitrogens with one attached hydrogen (secondary N) is 1. The highest BCUT2D eigenvalue weighted by Gasteiger charge is 2.25. The summed E-state index contributed by atoms with van der Waals surface area (Å²) >= 11 is 0. The molecule has 1 aliphatic heterocycles. The molecule has 0 bridgehead atoms. The third kappa shape index (κ3) is 5.13. The summed E-state index contributed by atoms with van der Waals surface area (Å²) in [5, 5.41) is 7.17. The lowest BCUT2D eigenvalue weighted by atomic mass is 9.96. The van der Waals surface area contributed by atoms with Crippen molar-refractivity contribution in [3.05, 3.63) is 53.6 Å². The van der Waals surface area contributed by atoms with Gasteiger partial charge in [0.25, 0.3) is 0 Å². The highest BCUT2D eigenvalue weighted by atomic mass is 19.1. The molecule has 1 aliphatic rings. The molecule has 134 valence electrons. The predicted molar refractivity (Wildman–Crippen MR) is 94.3 cm³/mol. The number of carbonyl (C=O) groups excluding carboxylic acids is 1. The van der Waals surface area contributed by atoms with E-state index in [4.69, 9.17) is 0 Å². The lowest BCUT2D eigenvalue weighted by Gasteiger charge is -2.32. The number of hydrogen-bond donors (Lipinski definition) is 1. The van der Waals surface area contributed by atoms with Gasteiger partial charge in [0.05, 0.1) is 12.1 Å². The molecule has 1 amide bonds. The molecule has 2 heterocycles. The van der Waals surface area contributed by atoms with Crippen molar-refractivity contribution >= 4 is 5.91 Å². The Morgan fingerprint density at radius 1 is 1.40 bits per heavy atom. The highest BCUT2D eigenvalue weighted by Crippen LogP contribution is 2.19. The van der Waals surface area contributed by atoms with Crippen LogP contribution in [0.25, 0.3) is 0 Å². The number of rotatable bonds is 6. The molecule has 0 radical (unpaired) electrons. The van der Waals surface area contributed by atoms with E-state index in [1.54, 1.807) is 16.8 Å². The van der Waals surface area contributed by atoms with Crippen LogP contribution in [0.2, 0.25) is 0 Å². The van der Waals surface area contributed by atoms with Crippen LogP contribution in [0.5, 0.6) is 0 Å². The van der Waals surface area contributed by atoms with Gasteiger partial charge >= 0.3 is 0 Å². The summed E-state index contributed by atoms with van der Waals surface area (Å²) in [5.74, 6) is -0.0803. The summed E-state index contributed by atoms with van der Waals surface area (Å²) in [7, 11) is 1.89. The number of hydrogen-bond acceptors (Lipinski definition) is 3. The Kier molecular flexibility index (Phi) is 5.81. The van der Waals surface area contributed by atoms with Gasteiger partial charge in [0.2, 0.25) is 5.91 Å². The molecule has 0 unspecified atom stereocenters. The quantitative estimate of drug-likeness (QED) is 0.873. The fourth-order valence-electron chi connectivity index (χ4n) is 3.38. The Hall–Kier alpha value is -2.21. The van der Waals surface area contributed by atoms with Gasteiger partial charge in [-0.15, -0.1) is 0 Å². The van der Waals surface area contributed by atoms with E-state index in [2.05, 4.69) is 15.3 Å². The summed E-state index contributed by atoms with van der Waals surface area (Å²) in [5.41, 5.74) is 2.08. The van der Waals surface area contributed by atoms with E-state index in [0.717, 1.165) is 43.5 Å². The van der Waals surface area contributed by atoms with Crippen molar-refractivity contribution in [3.8, 4) is 0 Å². The van der Waals surface area contributed by atoms with Crippen molar-refractivity contribution in [3.63, 3.8) is 0 Å². The van der Waals surface area contributed by atoms with Gasteiger partial charge in [-0.1, -0.05) is 12.1 Å². The van der Waals surface area contributed by atoms with E-state index < -0.39 is 0 Å². The minimum Gasteiger partial charge on any atom is -0.355 e. The molecule has 2 aromatic rings. The largest absolute Gasteiger partial charge is 0.355 e. The number of aromatic nitrogens is 2. The first-order valence-electron chi connectivity index (χ1n) is 8.82. The van der Waals surface area contributed by atoms with E-state index in [1.807, 2.05) is 25.5 Å². The molecular formula is C19H25FN4O. The number of carbonyl (C=O) groups is 1. The van der Waals surface area contributed by atoms with Gasteiger partial charge in [0.1, 0.15) is 5.82 Å². The van der Waals surface area contributed by atoms with Crippen LogP contribution in [-0.4, -0.2) is 40.2 Å². The molecule has 1 aromatic carbocycles. The van der Waals surface area contributed by atoms with Crippen molar-refractivity contribution in [2.45, 2.75) is 25.8 Å². The van der Waals surface area contributed by atoms with Gasteiger partial charge in [-0.25, -0.2) is 4.39 Å². The average Bonchev–Trinajstić information content (AvgIpc) is 3.00. The Bertz CT molecular complexity index is 715. The standard InChI is InChI=1S/C19H25FN4O/c1-23-12-16(11-22-23)7-8-21-19(25)17-5-3-9-24(14-17)13-15-4-2-6-18(20)10-15/h2,4,6,10-12,17H,3,5,7-9,13-14H2,1H3,(H,21,25)/t17-/m1/s1. The molecule has 6 heteroatoms. The third-order valence-electron chi connectivity index (χ3n) is 4.64. The number of halogens is 1. The van der Waals surface area contributed by atoms with Crippen LogP contribution in [0.15, 0.2) is 36.7 Å². The SMILES string of the molecule is Cn1cc(CCNC(=O)[C@@H]2CCCN(Cc3cccc(F)c3)C2)cn1. The number of piperidine rings is 1. The smallest absolute Gasteiger partial charge is 0.224 e. The Labute approximate surface area is 147 Å². The molecule has 0 spiro atoms. The fraction of sp³-hybridized carbons (Fsp3) is 0.474. The van der Waals surface area contributed by atoms with Crippen molar-refractivity contribution in [2.75, 3.05) is 19.6 Å². The lowest BCUT2D eigenvalue weighted by Crippen LogP contribution is -2.43. The number of aryl methyl sites for hydroxylation is 1. The topological polar surface area (TPSA) is 50.2 Å². The van der Waals surface area contributed by atoms with Crippen LogP contribution in [0.3, 0.4) is 0 Å². The van der Waals surface area contributed by atoms with Gasteiger partial charge in [-0.05, 0) is 49.1 Å². The van der Waals surface area contributed by atoms with Crippen LogP contribution in [0.4, 0.5) is 4.39 Å². The third-order valence-corrected chi connectivity index (χ3v) is 4.64. The van der Waals surface area contributed by atoms with Crippen LogP contribution in [0, 0.1) is 11.7 Å². The minimum atomic E-state index is -0.209. The summed E-state index contributed by atoms with van der Waals surface area (Å²) in [4.78, 5) is 14.7. The van der Waals surface area contributed by atoms with Gasteiger partial charge < -0.3 is 5.32 Å². The van der Waals surface area contributed by atoms with Gasteiger partial charge in [0.15, 0.2) is 0 Å². The number of likely N-dealkylation sites (tertiary alicyclic amines) is 1. The predicted octanol–water partition coefficient (Wildman–Crippen LogP) is 2.13. The maximum absolute atomic E-state index is 13.3. The van der Waals surface area contributed by atoms with Crippen LogP contribution < -0.4 is 5.32 Å². The molecule has 1 fully saturated rings. The maximum atomic E-state index is 13.3. The van der Waals surface area contributed by atoms with E-state index in [1.165, 1.54) is 6.07 Å². The summed E-state index contributed by atoms with van der Waals surface area (Å²) in [6.45, 7) is 3.01. The fourth-order valence-corrected chi connectivity index (χ4v) is 3.38. The molecule has 25 heavy (non-hydrogen) atoms. The van der Waals surface area contributed by atoms with Gasteiger partial charge in [-0.2, -0.15) is 5.10 Å². The Morgan fingerprint density at radius 2 is 2.28 bits per heavy atom. The zero-order valence-corrected chi connectivity index (χ0v) is 14.6. The normalized spacial score (nSPS) is 18.2. The average molecular weight is 344 g/mol. The lowest BCUT2D eigenvalue weighted by molar-refractivity contribution is -0.126. The van der Waals surface area contributed by atoms with Gasteiger partial charge in [0, 0.05) is 32.9 Å². The second kappa shape index (κ2) is 8.25. The van der Waals surface area contributed by atoms with Crippen molar-refractivity contribution in [2.24, 2.45) is 13.0 Å². The summed E-state index contributed by atoms with van der Waals surface area (Å²) < 4.78 is 15.1. The molecule has 0 aliphatic carbocycles. The second-order valence-corrected chi connectivity index (χ2v) is 6.77. The van der Waals surface area contributed by atoms with Crippen molar-refractivity contribution < 1.29 is 9.18 Å². The maximum Gasteiger partial charge on any atom is 0.224 e. The molecule has 1 atom stereocenters. The van der Waals surface area contributed by atoms with Crippen LogP contribution >= 0.6 is 0 Å². The number of benzene rings is 1. The van der Waals surface area contributed by atoms with Crippen molar-refractivity contribution in [1.29, 1.82) is 0 Å². The summed E-state index contributed by atoms with van der Waals surface area (Å²) in [6, 6.07) is 6.69. The zero-order valence-electron chi connectivity index (χ0n) is 14.6. The van der Waals surface area contributed by atoms with Crippen molar-refractivity contribution in [1.82, 2.24) is 20.0 Å². The molecule has 1 saturated heterocycles. The molecule has 1 N–H and O–H groups in total. The monoisotopic (exact) mass is 344 g/mol. The second-order valence-electron chi connectivity index (χ2n) is 6.77. The van der Waals surface area contributed by atoms with Crippen LogP contribution in [-0.2, 0) is 24.8 Å². The minimum absolute atomic E-state index is 0.0104. The number of amides is 1. The van der Waals surface area contributed by atoms with E-state index in [-0.39, 0.29) is 17.6 Å².